The Morgan fingerprint density at radius 3 is 2.83 bits per heavy atom. The van der Waals surface area contributed by atoms with E-state index in [4.69, 9.17) is 11.6 Å². The number of rotatable bonds is 4. The van der Waals surface area contributed by atoms with E-state index in [1.807, 2.05) is 0 Å². The Hall–Kier alpha value is -1.71. The van der Waals surface area contributed by atoms with Gasteiger partial charge in [-0.2, -0.15) is 4.31 Å². The molecule has 10 heteroatoms. The number of carbonyl (C=O) groups is 2. The Morgan fingerprint density at radius 2 is 2.22 bits per heavy atom. The zero-order chi connectivity index (χ0) is 17.2. The SMILES string of the molecule is COC(=O)C[C@H]1C(=O)NCCN1S(=O)(=O)c1ccc(Cl)cc1F. The number of benzene rings is 1. The van der Waals surface area contributed by atoms with Crippen LogP contribution >= 0.6 is 11.6 Å². The van der Waals surface area contributed by atoms with Crippen LogP contribution in [0.2, 0.25) is 5.02 Å². The summed E-state index contributed by atoms with van der Waals surface area (Å²) in [5.74, 6) is -2.41. The van der Waals surface area contributed by atoms with Crippen molar-refractivity contribution in [1.29, 1.82) is 0 Å². The Kier molecular flexibility index (Phi) is 5.23. The van der Waals surface area contributed by atoms with Crippen LogP contribution in [-0.4, -0.2) is 50.8 Å². The van der Waals surface area contributed by atoms with Gasteiger partial charge in [-0.05, 0) is 18.2 Å². The average Bonchev–Trinajstić information content (AvgIpc) is 2.48. The van der Waals surface area contributed by atoms with Gasteiger partial charge in [0, 0.05) is 18.1 Å². The van der Waals surface area contributed by atoms with Gasteiger partial charge >= 0.3 is 5.97 Å². The maximum absolute atomic E-state index is 14.0. The van der Waals surface area contributed by atoms with Crippen LogP contribution in [-0.2, 0) is 24.3 Å². The molecule has 0 unspecified atom stereocenters. The second kappa shape index (κ2) is 6.81. The van der Waals surface area contributed by atoms with Crippen LogP contribution in [0, 0.1) is 5.82 Å². The number of nitrogens with zero attached hydrogens (tertiary/aromatic N) is 1. The lowest BCUT2D eigenvalue weighted by Gasteiger charge is -2.33. The van der Waals surface area contributed by atoms with Crippen molar-refractivity contribution in [1.82, 2.24) is 9.62 Å². The third-order valence-corrected chi connectivity index (χ3v) is 5.53. The molecule has 1 saturated heterocycles. The monoisotopic (exact) mass is 364 g/mol. The first-order chi connectivity index (χ1) is 10.8. The molecule has 1 aliphatic heterocycles. The van der Waals surface area contributed by atoms with Gasteiger partial charge in [0.2, 0.25) is 15.9 Å². The molecule has 7 nitrogen and oxygen atoms in total. The van der Waals surface area contributed by atoms with Gasteiger partial charge < -0.3 is 10.1 Å². The van der Waals surface area contributed by atoms with Crippen LogP contribution in [0.3, 0.4) is 0 Å². The minimum absolute atomic E-state index is 0.0453. The van der Waals surface area contributed by atoms with Crippen molar-refractivity contribution < 1.29 is 27.1 Å². The van der Waals surface area contributed by atoms with Crippen molar-refractivity contribution in [2.75, 3.05) is 20.2 Å². The Morgan fingerprint density at radius 1 is 1.52 bits per heavy atom. The van der Waals surface area contributed by atoms with E-state index < -0.39 is 45.1 Å². The third kappa shape index (κ3) is 3.62. The maximum atomic E-state index is 14.0. The van der Waals surface area contributed by atoms with E-state index in [2.05, 4.69) is 10.1 Å². The van der Waals surface area contributed by atoms with Crippen LogP contribution in [0.4, 0.5) is 4.39 Å². The Bertz CT molecular complexity index is 740. The first-order valence-electron chi connectivity index (χ1n) is 6.59. The zero-order valence-corrected chi connectivity index (χ0v) is 13.7. The second-order valence-corrected chi connectivity index (χ2v) is 7.07. The largest absolute Gasteiger partial charge is 0.469 e. The molecule has 1 aliphatic rings. The third-order valence-electron chi connectivity index (χ3n) is 3.35. The van der Waals surface area contributed by atoms with E-state index in [1.54, 1.807) is 0 Å². The number of sulfonamides is 1. The molecule has 2 rings (SSSR count). The van der Waals surface area contributed by atoms with Gasteiger partial charge in [-0.25, -0.2) is 12.8 Å². The summed E-state index contributed by atoms with van der Waals surface area (Å²) in [6, 6.07) is 1.83. The number of amides is 1. The fourth-order valence-corrected chi connectivity index (χ4v) is 4.02. The summed E-state index contributed by atoms with van der Waals surface area (Å²) in [7, 11) is -3.19. The van der Waals surface area contributed by atoms with Crippen LogP contribution in [0.15, 0.2) is 23.1 Å². The van der Waals surface area contributed by atoms with E-state index in [1.165, 1.54) is 6.07 Å². The van der Waals surface area contributed by atoms with Gasteiger partial charge in [0.05, 0.1) is 13.5 Å². The topological polar surface area (TPSA) is 92.8 Å². The van der Waals surface area contributed by atoms with Crippen molar-refractivity contribution in [3.05, 3.63) is 29.0 Å². The molecule has 1 atom stereocenters. The van der Waals surface area contributed by atoms with Crippen molar-refractivity contribution in [3.8, 4) is 0 Å². The van der Waals surface area contributed by atoms with Gasteiger partial charge in [-0.1, -0.05) is 11.6 Å². The number of piperazine rings is 1. The summed E-state index contributed by atoms with van der Waals surface area (Å²) in [6.07, 6.45) is -0.462. The molecule has 1 aromatic carbocycles. The summed E-state index contributed by atoms with van der Waals surface area (Å²) in [4.78, 5) is 22.8. The predicted octanol–water partition coefficient (Wildman–Crippen LogP) is 0.531. The fraction of sp³-hybridized carbons (Fsp3) is 0.385. The number of carbonyl (C=O) groups excluding carboxylic acids is 2. The lowest BCUT2D eigenvalue weighted by molar-refractivity contribution is -0.144. The normalized spacial score (nSPS) is 19.3. The number of nitrogens with one attached hydrogen (secondary N) is 1. The molecule has 0 bridgehead atoms. The summed E-state index contributed by atoms with van der Waals surface area (Å²) in [6.45, 7) is -0.0251. The molecule has 0 aliphatic carbocycles. The van der Waals surface area contributed by atoms with Gasteiger partial charge in [-0.3, -0.25) is 9.59 Å². The minimum Gasteiger partial charge on any atom is -0.469 e. The first-order valence-corrected chi connectivity index (χ1v) is 8.40. The highest BCUT2D eigenvalue weighted by Gasteiger charge is 2.40. The molecule has 0 aromatic heterocycles. The second-order valence-electron chi connectivity index (χ2n) is 4.78. The zero-order valence-electron chi connectivity index (χ0n) is 12.1. The van der Waals surface area contributed by atoms with Crippen molar-refractivity contribution in [2.24, 2.45) is 0 Å². The van der Waals surface area contributed by atoms with Crippen LogP contribution < -0.4 is 5.32 Å². The maximum Gasteiger partial charge on any atom is 0.307 e. The molecule has 0 radical (unpaired) electrons. The molecule has 126 valence electrons. The molecule has 1 fully saturated rings. The number of hydrogen-bond donors (Lipinski definition) is 1. The number of halogens is 2. The predicted molar refractivity (Wildman–Crippen MR) is 78.7 cm³/mol. The molecule has 0 spiro atoms. The van der Waals surface area contributed by atoms with Gasteiger partial charge in [-0.15, -0.1) is 0 Å². The standard InChI is InChI=1S/C13H14ClFN2O5S/c1-22-12(18)7-10-13(19)16-4-5-17(10)23(20,21)11-3-2-8(14)6-9(11)15/h2-3,6,10H,4-5,7H2,1H3,(H,16,19)/t10-/m0/s1. The molecule has 23 heavy (non-hydrogen) atoms. The number of hydrogen-bond acceptors (Lipinski definition) is 5. The summed E-state index contributed by atoms with van der Waals surface area (Å²) < 4.78 is 44.6. The lowest BCUT2D eigenvalue weighted by atomic mass is 10.1. The molecule has 1 heterocycles. The quantitative estimate of drug-likeness (QED) is 0.787. The van der Waals surface area contributed by atoms with Crippen LogP contribution in [0.5, 0.6) is 0 Å². The molecule has 1 N–H and O–H groups in total. The first kappa shape index (κ1) is 17.6. The van der Waals surface area contributed by atoms with E-state index >= 15 is 0 Å². The average molecular weight is 365 g/mol. The van der Waals surface area contributed by atoms with Gasteiger partial charge in [0.1, 0.15) is 16.8 Å². The van der Waals surface area contributed by atoms with Crippen LogP contribution in [0.25, 0.3) is 0 Å². The van der Waals surface area contributed by atoms with Gasteiger partial charge in [0.15, 0.2) is 0 Å². The molecular formula is C13H14ClFN2O5S. The van der Waals surface area contributed by atoms with Gasteiger partial charge in [0.25, 0.3) is 0 Å². The Labute approximate surface area is 137 Å². The van der Waals surface area contributed by atoms with E-state index in [9.17, 15) is 22.4 Å². The van der Waals surface area contributed by atoms with Crippen molar-refractivity contribution in [2.45, 2.75) is 17.4 Å². The van der Waals surface area contributed by atoms with E-state index in [0.717, 1.165) is 23.5 Å². The number of ether oxygens (including phenoxy) is 1. The summed E-state index contributed by atoms with van der Waals surface area (Å²) in [5.41, 5.74) is 0. The molecular weight excluding hydrogens is 351 g/mol. The Balaban J connectivity index is 2.42. The smallest absolute Gasteiger partial charge is 0.307 e. The van der Waals surface area contributed by atoms with E-state index in [-0.39, 0.29) is 18.1 Å². The molecule has 1 amide bonds. The summed E-state index contributed by atoms with van der Waals surface area (Å²) >= 11 is 5.62. The van der Waals surface area contributed by atoms with E-state index in [0.29, 0.717) is 0 Å². The van der Waals surface area contributed by atoms with Crippen LogP contribution in [0.1, 0.15) is 6.42 Å². The highest BCUT2D eigenvalue weighted by atomic mass is 35.5. The lowest BCUT2D eigenvalue weighted by Crippen LogP contribution is -2.57. The van der Waals surface area contributed by atoms with Crippen molar-refractivity contribution in [3.63, 3.8) is 0 Å². The summed E-state index contributed by atoms with van der Waals surface area (Å²) in [5, 5.41) is 2.52. The minimum atomic E-state index is -4.31. The highest BCUT2D eigenvalue weighted by Crippen LogP contribution is 2.25. The van der Waals surface area contributed by atoms with Crippen molar-refractivity contribution >= 4 is 33.5 Å². The highest BCUT2D eigenvalue weighted by molar-refractivity contribution is 7.89. The fourth-order valence-electron chi connectivity index (χ4n) is 2.23. The molecule has 1 aromatic rings. The number of methoxy groups -OCH3 is 1. The number of esters is 1. The molecule has 0 saturated carbocycles.